The third kappa shape index (κ3) is 5.60. The van der Waals surface area contributed by atoms with E-state index < -0.39 is 0 Å². The number of carbonyl (C=O) groups is 1. The average Bonchev–Trinajstić information content (AvgIpc) is 2.52. The summed E-state index contributed by atoms with van der Waals surface area (Å²) < 4.78 is 4.96. The van der Waals surface area contributed by atoms with Crippen molar-refractivity contribution in [3.8, 4) is 5.88 Å². The zero-order chi connectivity index (χ0) is 16.1. The first-order valence-corrected chi connectivity index (χ1v) is 6.43. The van der Waals surface area contributed by atoms with Crippen LogP contribution in [0, 0.1) is 0 Å². The smallest absolute Gasteiger partial charge is 0.215 e. The Labute approximate surface area is 121 Å². The lowest BCUT2D eigenvalue weighted by Crippen LogP contribution is -2.13. The Hall–Kier alpha value is -2.24. The minimum atomic E-state index is -0.151. The monoisotopic (exact) mass is 280 g/mol. The molecule has 0 unspecified atom stereocenters. The minimum Gasteiger partial charge on any atom is -0.481 e. The molecule has 112 valence electrons. The Morgan fingerprint density at radius 1 is 1.20 bits per heavy atom. The predicted octanol–water partition coefficient (Wildman–Crippen LogP) is 3.38. The molecule has 0 spiro atoms. The molecule has 0 aromatic carbocycles. The lowest BCUT2D eigenvalue weighted by molar-refractivity contribution is 0.101. The van der Waals surface area contributed by atoms with Crippen LogP contribution in [0.4, 0.5) is 5.82 Å². The molecule has 20 heavy (non-hydrogen) atoms. The molecule has 0 fully saturated rings. The van der Waals surface area contributed by atoms with E-state index in [-0.39, 0.29) is 11.6 Å². The summed E-state index contributed by atoms with van der Waals surface area (Å²) in [6.07, 6.45) is 0. The fourth-order valence-corrected chi connectivity index (χ4v) is 1.15. The van der Waals surface area contributed by atoms with E-state index in [0.29, 0.717) is 11.4 Å². The van der Waals surface area contributed by atoms with Crippen LogP contribution in [-0.4, -0.2) is 31.3 Å². The van der Waals surface area contributed by atoms with Gasteiger partial charge >= 0.3 is 0 Å². The number of carbonyl (C=O) groups excluding carboxylic acids is 1. The Bertz CT molecular complexity index is 425. The van der Waals surface area contributed by atoms with Crippen LogP contribution in [0.15, 0.2) is 22.3 Å². The lowest BCUT2D eigenvalue weighted by Gasteiger charge is -2.13. The van der Waals surface area contributed by atoms with Crippen molar-refractivity contribution in [1.82, 2.24) is 4.98 Å². The highest BCUT2D eigenvalue weighted by molar-refractivity contribution is 5.98. The number of ether oxygens (including phenoxy) is 1. The van der Waals surface area contributed by atoms with Crippen LogP contribution >= 0.6 is 0 Å². The largest absolute Gasteiger partial charge is 0.481 e. The van der Waals surface area contributed by atoms with Crippen LogP contribution < -0.4 is 9.85 Å². The van der Waals surface area contributed by atoms with E-state index >= 15 is 0 Å². The summed E-state index contributed by atoms with van der Waals surface area (Å²) in [5, 5.41) is 8.23. The van der Waals surface area contributed by atoms with Crippen LogP contribution in [0.25, 0.3) is 0 Å². The second kappa shape index (κ2) is 11.8. The molecule has 6 nitrogen and oxygen atoms in total. The normalized spacial score (nSPS) is 8.10. The minimum absolute atomic E-state index is 0.151. The molecule has 0 N–H and O–H groups in total. The van der Waals surface area contributed by atoms with Crippen LogP contribution in [0.1, 0.15) is 45.0 Å². The van der Waals surface area contributed by atoms with Crippen molar-refractivity contribution in [1.29, 1.82) is 0 Å². The standard InChI is InChI=1S/C10H12N4O2.2C2H6/c1-7(15)8-5-6-9(16-4)13-10(8)14(11-2)12-3;2*1-2/h5-6H,2-3H2,1,4H3;2*1-2H3. The molecule has 6 heteroatoms. The molecule has 0 radical (unpaired) electrons. The predicted molar refractivity (Wildman–Crippen MR) is 85.1 cm³/mol. The molecule has 0 aliphatic heterocycles. The number of nitrogens with zero attached hydrogens (tertiary/aromatic N) is 4. The molecule has 0 aliphatic rings. The van der Waals surface area contributed by atoms with Crippen molar-refractivity contribution < 1.29 is 9.53 Å². The van der Waals surface area contributed by atoms with Gasteiger partial charge < -0.3 is 4.74 Å². The maximum absolute atomic E-state index is 11.4. The number of aromatic nitrogens is 1. The lowest BCUT2D eigenvalue weighted by atomic mass is 10.2. The number of hydrogen-bond acceptors (Lipinski definition) is 6. The molecule has 0 saturated carbocycles. The van der Waals surface area contributed by atoms with Crippen LogP contribution in [0.3, 0.4) is 0 Å². The van der Waals surface area contributed by atoms with Crippen molar-refractivity contribution in [2.24, 2.45) is 10.2 Å². The fraction of sp³-hybridized carbons (Fsp3) is 0.429. The van der Waals surface area contributed by atoms with E-state index in [2.05, 4.69) is 28.6 Å². The van der Waals surface area contributed by atoms with Crippen molar-refractivity contribution >= 4 is 25.0 Å². The fourth-order valence-electron chi connectivity index (χ4n) is 1.15. The maximum atomic E-state index is 11.4. The van der Waals surface area contributed by atoms with Gasteiger partial charge in [0.1, 0.15) is 0 Å². The zero-order valence-corrected chi connectivity index (χ0v) is 13.2. The molecule has 0 saturated heterocycles. The molecule has 0 bridgehead atoms. The third-order valence-corrected chi connectivity index (χ3v) is 1.90. The number of anilines is 1. The Morgan fingerprint density at radius 2 is 1.70 bits per heavy atom. The number of methoxy groups -OCH3 is 1. The number of hydrazone groups is 2. The van der Waals surface area contributed by atoms with Gasteiger partial charge in [-0.2, -0.15) is 15.2 Å². The van der Waals surface area contributed by atoms with E-state index in [0.717, 1.165) is 5.12 Å². The highest BCUT2D eigenvalue weighted by Gasteiger charge is 2.15. The van der Waals surface area contributed by atoms with Gasteiger partial charge in [0.15, 0.2) is 11.6 Å². The van der Waals surface area contributed by atoms with Gasteiger partial charge in [-0.15, -0.1) is 5.12 Å². The molecular weight excluding hydrogens is 256 g/mol. The summed E-state index contributed by atoms with van der Waals surface area (Å²) in [5.74, 6) is 0.455. The van der Waals surface area contributed by atoms with Crippen LogP contribution in [0.2, 0.25) is 0 Å². The van der Waals surface area contributed by atoms with Gasteiger partial charge in [0.2, 0.25) is 5.88 Å². The van der Waals surface area contributed by atoms with Crippen molar-refractivity contribution in [3.63, 3.8) is 0 Å². The molecule has 0 atom stereocenters. The van der Waals surface area contributed by atoms with E-state index in [1.165, 1.54) is 14.0 Å². The summed E-state index contributed by atoms with van der Waals surface area (Å²) in [7, 11) is 1.48. The molecule has 0 aliphatic carbocycles. The Morgan fingerprint density at radius 3 is 2.05 bits per heavy atom. The Kier molecular flexibility index (Phi) is 11.9. The van der Waals surface area contributed by atoms with Crippen molar-refractivity contribution in [3.05, 3.63) is 17.7 Å². The maximum Gasteiger partial charge on any atom is 0.215 e. The average molecular weight is 280 g/mol. The molecule has 1 heterocycles. The summed E-state index contributed by atoms with van der Waals surface area (Å²) >= 11 is 0. The highest BCUT2D eigenvalue weighted by Crippen LogP contribution is 2.22. The third-order valence-electron chi connectivity index (χ3n) is 1.90. The quantitative estimate of drug-likeness (QED) is 0.471. The van der Waals surface area contributed by atoms with E-state index in [9.17, 15) is 4.79 Å². The second-order valence-corrected chi connectivity index (χ2v) is 2.85. The first kappa shape index (κ1) is 20.1. The molecule has 0 amide bonds. The van der Waals surface area contributed by atoms with Gasteiger partial charge in [-0.05, 0) is 13.0 Å². The highest BCUT2D eigenvalue weighted by atomic mass is 16.5. The van der Waals surface area contributed by atoms with Crippen LogP contribution in [0.5, 0.6) is 5.88 Å². The van der Waals surface area contributed by atoms with Gasteiger partial charge in [0.05, 0.1) is 12.7 Å². The molecule has 1 aromatic heterocycles. The first-order chi connectivity index (χ1) is 9.63. The van der Waals surface area contributed by atoms with Crippen LogP contribution in [-0.2, 0) is 0 Å². The number of rotatable bonds is 5. The summed E-state index contributed by atoms with van der Waals surface area (Å²) in [6, 6.07) is 3.18. The number of hydrogen-bond donors (Lipinski definition) is 0. The zero-order valence-electron chi connectivity index (χ0n) is 13.2. The van der Waals surface area contributed by atoms with Crippen molar-refractivity contribution in [2.75, 3.05) is 12.2 Å². The van der Waals surface area contributed by atoms with E-state index in [1.54, 1.807) is 12.1 Å². The van der Waals surface area contributed by atoms with Gasteiger partial charge in [0.25, 0.3) is 0 Å². The van der Waals surface area contributed by atoms with Crippen molar-refractivity contribution in [2.45, 2.75) is 34.6 Å². The van der Waals surface area contributed by atoms with E-state index in [4.69, 9.17) is 4.74 Å². The topological polar surface area (TPSA) is 67.2 Å². The van der Waals surface area contributed by atoms with Gasteiger partial charge in [-0.3, -0.25) is 4.79 Å². The second-order valence-electron chi connectivity index (χ2n) is 2.85. The summed E-state index contributed by atoms with van der Waals surface area (Å²) in [5.41, 5.74) is 0.376. The summed E-state index contributed by atoms with van der Waals surface area (Å²) in [6.45, 7) is 16.1. The number of Topliss-reactive ketones (excluding diaryl/α,β-unsaturated/α-hetero) is 1. The van der Waals surface area contributed by atoms with E-state index in [1.807, 2.05) is 27.7 Å². The number of ketones is 1. The Balaban J connectivity index is 0. The first-order valence-electron chi connectivity index (χ1n) is 6.43. The van der Waals surface area contributed by atoms with Gasteiger partial charge in [-0.1, -0.05) is 27.7 Å². The molecular formula is C14H24N4O2. The summed E-state index contributed by atoms with van der Waals surface area (Å²) in [4.78, 5) is 15.4. The van der Waals surface area contributed by atoms with Gasteiger partial charge in [0, 0.05) is 19.5 Å². The SMILES string of the molecule is C=NN(N=C)c1nc(OC)ccc1C(C)=O.CC.CC. The van der Waals surface area contributed by atoms with Gasteiger partial charge in [-0.25, -0.2) is 0 Å². The number of pyridine rings is 1. The molecule has 1 aromatic rings. The molecule has 1 rings (SSSR count).